The molecule has 7 heteroatoms. The van der Waals surface area contributed by atoms with Crippen LogP contribution in [0.2, 0.25) is 0 Å². The Hall–Kier alpha value is -2.83. The van der Waals surface area contributed by atoms with Gasteiger partial charge in [-0.15, -0.1) is 0 Å². The van der Waals surface area contributed by atoms with Gasteiger partial charge in [0.15, 0.2) is 6.10 Å². The first-order valence-electron chi connectivity index (χ1n) is 7.01. The van der Waals surface area contributed by atoms with Crippen molar-refractivity contribution in [1.82, 2.24) is 5.16 Å². The molecule has 1 heterocycles. The third kappa shape index (κ3) is 3.68. The van der Waals surface area contributed by atoms with Crippen LogP contribution in [-0.2, 0) is 9.53 Å². The molecule has 0 saturated carbocycles. The van der Waals surface area contributed by atoms with Crippen LogP contribution in [-0.4, -0.2) is 30.2 Å². The molecule has 1 aromatic carbocycles. The average Bonchev–Trinajstić information content (AvgIpc) is 2.86. The van der Waals surface area contributed by atoms with Gasteiger partial charge in [-0.05, 0) is 32.9 Å². The maximum absolute atomic E-state index is 12.2. The minimum atomic E-state index is -0.985. The number of aromatic nitrogens is 1. The van der Waals surface area contributed by atoms with Crippen molar-refractivity contribution in [1.29, 1.82) is 0 Å². The van der Waals surface area contributed by atoms with Gasteiger partial charge in [-0.2, -0.15) is 0 Å². The Bertz CT molecular complexity index is 704. The van der Waals surface area contributed by atoms with Crippen LogP contribution in [0, 0.1) is 13.8 Å². The molecule has 0 unspecified atom stereocenters. The van der Waals surface area contributed by atoms with E-state index >= 15 is 0 Å². The normalized spacial score (nSPS) is 11.7. The Balaban J connectivity index is 2.04. The fraction of sp³-hybridized carbons (Fsp3) is 0.312. The van der Waals surface area contributed by atoms with E-state index in [1.807, 2.05) is 0 Å². The fourth-order valence-corrected chi connectivity index (χ4v) is 2.03. The van der Waals surface area contributed by atoms with E-state index in [-0.39, 0.29) is 5.56 Å². The molecule has 0 aliphatic heterocycles. The second kappa shape index (κ2) is 6.95. The van der Waals surface area contributed by atoms with E-state index in [0.717, 1.165) is 0 Å². The molecule has 2 aromatic rings. The quantitative estimate of drug-likeness (QED) is 0.852. The van der Waals surface area contributed by atoms with Crippen LogP contribution in [0.5, 0.6) is 5.75 Å². The predicted octanol–water partition coefficient (Wildman–Crippen LogP) is 2.48. The van der Waals surface area contributed by atoms with Gasteiger partial charge in [0.05, 0.1) is 18.5 Å². The lowest BCUT2D eigenvalue weighted by Gasteiger charge is -2.15. The summed E-state index contributed by atoms with van der Waals surface area (Å²) in [5.41, 5.74) is 1.16. The molecule has 122 valence electrons. The molecule has 0 saturated heterocycles. The Labute approximate surface area is 133 Å². The summed E-state index contributed by atoms with van der Waals surface area (Å²) in [7, 11) is 1.51. The van der Waals surface area contributed by atoms with Crippen molar-refractivity contribution in [3.63, 3.8) is 0 Å². The van der Waals surface area contributed by atoms with Gasteiger partial charge in [-0.25, -0.2) is 4.79 Å². The molecule has 0 aliphatic rings. The third-order valence-electron chi connectivity index (χ3n) is 3.26. The van der Waals surface area contributed by atoms with Crippen LogP contribution in [0.3, 0.4) is 0 Å². The summed E-state index contributed by atoms with van der Waals surface area (Å²) in [5, 5.41) is 6.35. The van der Waals surface area contributed by atoms with Crippen molar-refractivity contribution in [3.05, 3.63) is 41.3 Å². The van der Waals surface area contributed by atoms with E-state index in [0.29, 0.717) is 22.9 Å². The molecular weight excluding hydrogens is 300 g/mol. The molecular formula is C16H18N2O5. The van der Waals surface area contributed by atoms with E-state index in [9.17, 15) is 9.59 Å². The van der Waals surface area contributed by atoms with Crippen molar-refractivity contribution < 1.29 is 23.6 Å². The van der Waals surface area contributed by atoms with Crippen LogP contribution in [0.15, 0.2) is 28.8 Å². The number of aryl methyl sites for hydroxylation is 2. The second-order valence-electron chi connectivity index (χ2n) is 4.94. The zero-order chi connectivity index (χ0) is 17.0. The average molecular weight is 318 g/mol. The Morgan fingerprint density at radius 1 is 1.26 bits per heavy atom. The number of methoxy groups -OCH3 is 1. The lowest BCUT2D eigenvalue weighted by Crippen LogP contribution is -2.30. The second-order valence-corrected chi connectivity index (χ2v) is 4.94. The number of para-hydroxylation sites is 2. The molecule has 23 heavy (non-hydrogen) atoms. The Morgan fingerprint density at radius 3 is 2.57 bits per heavy atom. The highest BCUT2D eigenvalue weighted by atomic mass is 16.5. The maximum atomic E-state index is 12.2. The third-order valence-corrected chi connectivity index (χ3v) is 3.26. The minimum Gasteiger partial charge on any atom is -0.495 e. The number of nitrogens with one attached hydrogen (secondary N) is 1. The molecule has 0 aliphatic carbocycles. The fourth-order valence-electron chi connectivity index (χ4n) is 2.03. The van der Waals surface area contributed by atoms with E-state index in [2.05, 4.69) is 10.5 Å². The number of rotatable bonds is 5. The maximum Gasteiger partial charge on any atom is 0.344 e. The first-order chi connectivity index (χ1) is 10.9. The molecule has 0 bridgehead atoms. The van der Waals surface area contributed by atoms with Crippen LogP contribution in [0.1, 0.15) is 28.7 Å². The van der Waals surface area contributed by atoms with Crippen LogP contribution < -0.4 is 10.1 Å². The van der Waals surface area contributed by atoms with Crippen molar-refractivity contribution in [2.24, 2.45) is 0 Å². The van der Waals surface area contributed by atoms with Gasteiger partial charge in [-0.1, -0.05) is 17.3 Å². The Morgan fingerprint density at radius 2 is 1.96 bits per heavy atom. The summed E-state index contributed by atoms with van der Waals surface area (Å²) in [6.45, 7) is 4.73. The Kier molecular flexibility index (Phi) is 5.00. The zero-order valence-corrected chi connectivity index (χ0v) is 13.4. The lowest BCUT2D eigenvalue weighted by molar-refractivity contribution is -0.123. The molecule has 1 amide bonds. The van der Waals surface area contributed by atoms with Crippen LogP contribution >= 0.6 is 0 Å². The van der Waals surface area contributed by atoms with Gasteiger partial charge in [0.2, 0.25) is 0 Å². The van der Waals surface area contributed by atoms with Crippen molar-refractivity contribution >= 4 is 17.6 Å². The molecule has 1 N–H and O–H groups in total. The number of ether oxygens (including phenoxy) is 2. The van der Waals surface area contributed by atoms with Crippen molar-refractivity contribution in [3.8, 4) is 5.75 Å². The number of hydrogen-bond acceptors (Lipinski definition) is 6. The molecule has 0 fully saturated rings. The van der Waals surface area contributed by atoms with Gasteiger partial charge in [-0.3, -0.25) is 4.79 Å². The van der Waals surface area contributed by atoms with Crippen LogP contribution in [0.25, 0.3) is 0 Å². The first kappa shape index (κ1) is 16.5. The van der Waals surface area contributed by atoms with Gasteiger partial charge in [0, 0.05) is 0 Å². The molecule has 0 radical (unpaired) electrons. The predicted molar refractivity (Wildman–Crippen MR) is 82.5 cm³/mol. The summed E-state index contributed by atoms with van der Waals surface area (Å²) >= 11 is 0. The number of esters is 1. The highest BCUT2D eigenvalue weighted by molar-refractivity contribution is 5.98. The highest BCUT2D eigenvalue weighted by Gasteiger charge is 2.24. The monoisotopic (exact) mass is 318 g/mol. The van der Waals surface area contributed by atoms with E-state index in [1.165, 1.54) is 14.0 Å². The first-order valence-corrected chi connectivity index (χ1v) is 7.01. The number of nitrogens with zero attached hydrogens (tertiary/aromatic N) is 1. The van der Waals surface area contributed by atoms with E-state index in [4.69, 9.17) is 14.0 Å². The highest BCUT2D eigenvalue weighted by Crippen LogP contribution is 2.23. The standard InChI is InChI=1S/C16H18N2O5/c1-9-14(10(2)23-18-9)16(20)22-11(3)15(19)17-12-7-5-6-8-13(12)21-4/h5-8,11H,1-4H3,(H,17,19)/t11-/m0/s1. The summed E-state index contributed by atoms with van der Waals surface area (Å²) in [5.74, 6) is -0.242. The lowest BCUT2D eigenvalue weighted by atomic mass is 10.2. The van der Waals surface area contributed by atoms with Gasteiger partial charge in [0.25, 0.3) is 5.91 Å². The minimum absolute atomic E-state index is 0.238. The summed E-state index contributed by atoms with van der Waals surface area (Å²) < 4.78 is 15.2. The summed E-state index contributed by atoms with van der Waals surface area (Å²) in [4.78, 5) is 24.3. The largest absolute Gasteiger partial charge is 0.495 e. The zero-order valence-electron chi connectivity index (χ0n) is 13.4. The van der Waals surface area contributed by atoms with Gasteiger partial charge >= 0.3 is 5.97 Å². The van der Waals surface area contributed by atoms with Gasteiger partial charge < -0.3 is 19.3 Å². The van der Waals surface area contributed by atoms with E-state index in [1.54, 1.807) is 38.1 Å². The number of anilines is 1. The summed E-state index contributed by atoms with van der Waals surface area (Å²) in [6.07, 6.45) is -0.985. The molecule has 1 aromatic heterocycles. The number of benzene rings is 1. The molecule has 2 rings (SSSR count). The number of hydrogen-bond donors (Lipinski definition) is 1. The number of amides is 1. The molecule has 0 spiro atoms. The molecule has 7 nitrogen and oxygen atoms in total. The number of carbonyl (C=O) groups is 2. The smallest absolute Gasteiger partial charge is 0.344 e. The summed E-state index contributed by atoms with van der Waals surface area (Å²) in [6, 6.07) is 6.96. The topological polar surface area (TPSA) is 90.7 Å². The van der Waals surface area contributed by atoms with Crippen LogP contribution in [0.4, 0.5) is 5.69 Å². The van der Waals surface area contributed by atoms with Crippen molar-refractivity contribution in [2.45, 2.75) is 26.9 Å². The van der Waals surface area contributed by atoms with Crippen molar-refractivity contribution in [2.75, 3.05) is 12.4 Å². The number of carbonyl (C=O) groups excluding carboxylic acids is 2. The van der Waals surface area contributed by atoms with E-state index < -0.39 is 18.0 Å². The van der Waals surface area contributed by atoms with Gasteiger partial charge in [0.1, 0.15) is 17.1 Å². The molecule has 1 atom stereocenters. The SMILES string of the molecule is COc1ccccc1NC(=O)[C@H](C)OC(=O)c1c(C)noc1C.